The normalized spacial score (nSPS) is 25.2. The Bertz CT molecular complexity index is 895. The Labute approximate surface area is 155 Å². The van der Waals surface area contributed by atoms with Crippen molar-refractivity contribution in [3.8, 4) is 18.2 Å². The summed E-state index contributed by atoms with van der Waals surface area (Å²) < 4.78 is 0.829. The van der Waals surface area contributed by atoms with E-state index in [9.17, 15) is 15.8 Å². The lowest BCUT2D eigenvalue weighted by atomic mass is 9.58. The first kappa shape index (κ1) is 17.2. The summed E-state index contributed by atoms with van der Waals surface area (Å²) in [5, 5.41) is 29.5. The molecule has 0 saturated carbocycles. The van der Waals surface area contributed by atoms with Crippen molar-refractivity contribution in [3.05, 3.63) is 57.2 Å². The molecule has 2 aliphatic rings. The van der Waals surface area contributed by atoms with Crippen molar-refractivity contribution in [2.75, 3.05) is 20.1 Å². The lowest BCUT2D eigenvalue weighted by Gasteiger charge is -2.45. The lowest BCUT2D eigenvalue weighted by molar-refractivity contribution is 0.237. The van der Waals surface area contributed by atoms with Gasteiger partial charge in [0.15, 0.2) is 5.41 Å². The van der Waals surface area contributed by atoms with Gasteiger partial charge in [0.05, 0.1) is 23.4 Å². The summed E-state index contributed by atoms with van der Waals surface area (Å²) in [5.41, 5.74) is 6.73. The molecule has 6 heteroatoms. The van der Waals surface area contributed by atoms with Gasteiger partial charge in [-0.15, -0.1) is 0 Å². The highest BCUT2D eigenvalue weighted by atomic mass is 79.9. The third kappa shape index (κ3) is 2.45. The minimum Gasteiger partial charge on any atom is -0.399 e. The van der Waals surface area contributed by atoms with Crippen LogP contribution in [0.4, 0.5) is 0 Å². The number of likely N-dealkylation sites (N-methyl/N-ethyl adjacent to an activating group) is 1. The molecule has 1 aromatic carbocycles. The van der Waals surface area contributed by atoms with Gasteiger partial charge >= 0.3 is 0 Å². The molecule has 1 aliphatic heterocycles. The molecule has 1 aliphatic carbocycles. The fourth-order valence-corrected chi connectivity index (χ4v) is 4.43. The highest BCUT2D eigenvalue weighted by Gasteiger charge is 2.54. The van der Waals surface area contributed by atoms with Crippen molar-refractivity contribution in [3.63, 3.8) is 0 Å². The second kappa shape index (κ2) is 6.37. The maximum atomic E-state index is 9.96. The SMILES string of the molecule is CN1CC=C2C(C#N)=C(N)C(C#N)(C#N)[C@H](c3ccccc3Br)[C@H]2C1. The van der Waals surface area contributed by atoms with Crippen LogP contribution in [0.3, 0.4) is 0 Å². The molecule has 0 aromatic heterocycles. The Kier molecular flexibility index (Phi) is 4.39. The number of rotatable bonds is 1. The number of hydrogen-bond acceptors (Lipinski definition) is 5. The van der Waals surface area contributed by atoms with E-state index in [1.54, 1.807) is 0 Å². The van der Waals surface area contributed by atoms with E-state index in [4.69, 9.17) is 5.73 Å². The van der Waals surface area contributed by atoms with E-state index < -0.39 is 11.3 Å². The van der Waals surface area contributed by atoms with Gasteiger partial charge in [-0.3, -0.25) is 0 Å². The molecule has 3 rings (SSSR count). The van der Waals surface area contributed by atoms with Crippen LogP contribution in [0.5, 0.6) is 0 Å². The van der Waals surface area contributed by atoms with E-state index >= 15 is 0 Å². The number of nitriles is 3. The molecule has 0 spiro atoms. The number of fused-ring (bicyclic) bond motifs is 1. The molecule has 0 saturated heterocycles. The first-order valence-electron chi connectivity index (χ1n) is 7.86. The van der Waals surface area contributed by atoms with Gasteiger partial charge in [0, 0.05) is 29.4 Å². The third-order valence-corrected chi connectivity index (χ3v) is 5.81. The molecular formula is C19H16BrN5. The fraction of sp³-hybridized carbons (Fsp3) is 0.316. The van der Waals surface area contributed by atoms with Crippen molar-refractivity contribution in [1.82, 2.24) is 4.90 Å². The lowest BCUT2D eigenvalue weighted by Crippen LogP contribution is -2.47. The van der Waals surface area contributed by atoms with Crippen LogP contribution in [0.2, 0.25) is 0 Å². The first-order valence-corrected chi connectivity index (χ1v) is 8.65. The van der Waals surface area contributed by atoms with E-state index in [1.165, 1.54) is 0 Å². The Hall–Kier alpha value is -2.59. The van der Waals surface area contributed by atoms with E-state index in [0.717, 1.165) is 15.6 Å². The largest absolute Gasteiger partial charge is 0.399 e. The number of allylic oxidation sites excluding steroid dienone is 2. The minimum atomic E-state index is -1.57. The molecule has 0 radical (unpaired) electrons. The van der Waals surface area contributed by atoms with Gasteiger partial charge in [-0.05, 0) is 24.3 Å². The zero-order chi connectivity index (χ0) is 18.2. The molecule has 5 nitrogen and oxygen atoms in total. The Morgan fingerprint density at radius 3 is 2.52 bits per heavy atom. The number of hydrogen-bond donors (Lipinski definition) is 1. The smallest absolute Gasteiger partial charge is 0.191 e. The third-order valence-electron chi connectivity index (χ3n) is 5.09. The second-order valence-electron chi connectivity index (χ2n) is 6.42. The summed E-state index contributed by atoms with van der Waals surface area (Å²) in [4.78, 5) is 2.12. The quantitative estimate of drug-likeness (QED) is 0.790. The monoisotopic (exact) mass is 393 g/mol. The molecular weight excluding hydrogens is 378 g/mol. The van der Waals surface area contributed by atoms with Gasteiger partial charge in [0.1, 0.15) is 6.07 Å². The zero-order valence-corrected chi connectivity index (χ0v) is 15.3. The summed E-state index contributed by atoms with van der Waals surface area (Å²) in [6, 6.07) is 14.0. The molecule has 1 aromatic rings. The molecule has 124 valence electrons. The maximum Gasteiger partial charge on any atom is 0.191 e. The molecule has 0 unspecified atom stereocenters. The number of halogens is 1. The summed E-state index contributed by atoms with van der Waals surface area (Å²) in [5.74, 6) is -0.608. The molecule has 2 atom stereocenters. The van der Waals surface area contributed by atoms with Crippen molar-refractivity contribution in [1.29, 1.82) is 15.8 Å². The standard InChI is InChI=1S/C19H16BrN5/c1-25-7-6-12-14(8-21)18(24)19(10-22,11-23)17(15(12)9-25)13-4-2-3-5-16(13)20/h2-6,15,17H,7,9,24H2,1H3/t15-,17+/m0/s1. The van der Waals surface area contributed by atoms with Crippen LogP contribution in [-0.4, -0.2) is 25.0 Å². The molecule has 1 heterocycles. The molecule has 0 fully saturated rings. The van der Waals surface area contributed by atoms with Crippen molar-refractivity contribution < 1.29 is 0 Å². The average Bonchev–Trinajstić information content (AvgIpc) is 2.62. The Morgan fingerprint density at radius 2 is 1.92 bits per heavy atom. The van der Waals surface area contributed by atoms with Gasteiger partial charge in [0.25, 0.3) is 0 Å². The molecule has 2 N–H and O–H groups in total. The van der Waals surface area contributed by atoms with E-state index in [-0.39, 0.29) is 17.2 Å². The average molecular weight is 394 g/mol. The highest BCUT2D eigenvalue weighted by molar-refractivity contribution is 9.10. The number of nitrogens with two attached hydrogens (primary N) is 1. The van der Waals surface area contributed by atoms with Crippen molar-refractivity contribution in [2.24, 2.45) is 17.1 Å². The van der Waals surface area contributed by atoms with Crippen LogP contribution >= 0.6 is 15.9 Å². The summed E-state index contributed by atoms with van der Waals surface area (Å²) in [7, 11) is 1.98. The fourth-order valence-electron chi connectivity index (χ4n) is 3.90. The van der Waals surface area contributed by atoms with Gasteiger partial charge in [-0.1, -0.05) is 40.2 Å². The summed E-state index contributed by atoms with van der Waals surface area (Å²) in [6.07, 6.45) is 1.99. The van der Waals surface area contributed by atoms with Crippen LogP contribution in [-0.2, 0) is 0 Å². The molecule has 0 bridgehead atoms. The van der Waals surface area contributed by atoms with Gasteiger partial charge < -0.3 is 10.6 Å². The zero-order valence-electron chi connectivity index (χ0n) is 13.7. The Morgan fingerprint density at radius 1 is 1.24 bits per heavy atom. The van der Waals surface area contributed by atoms with E-state index in [1.807, 2.05) is 37.4 Å². The summed E-state index contributed by atoms with van der Waals surface area (Å²) >= 11 is 3.55. The summed E-state index contributed by atoms with van der Waals surface area (Å²) in [6.45, 7) is 1.36. The highest BCUT2D eigenvalue weighted by Crippen LogP contribution is 2.55. The van der Waals surface area contributed by atoms with Gasteiger partial charge in [0.2, 0.25) is 0 Å². The topological polar surface area (TPSA) is 101 Å². The van der Waals surface area contributed by atoms with E-state index in [0.29, 0.717) is 13.1 Å². The van der Waals surface area contributed by atoms with E-state index in [2.05, 4.69) is 39.0 Å². The second-order valence-corrected chi connectivity index (χ2v) is 7.27. The predicted molar refractivity (Wildman–Crippen MR) is 96.4 cm³/mol. The molecule has 0 amide bonds. The van der Waals surface area contributed by atoms with Crippen LogP contribution < -0.4 is 5.73 Å². The minimum absolute atomic E-state index is 0.0628. The van der Waals surface area contributed by atoms with Crippen LogP contribution in [0.15, 0.2) is 51.7 Å². The maximum absolute atomic E-state index is 9.96. The van der Waals surface area contributed by atoms with Gasteiger partial charge in [-0.25, -0.2) is 0 Å². The Balaban J connectivity index is 2.37. The molecule has 25 heavy (non-hydrogen) atoms. The van der Waals surface area contributed by atoms with Crippen LogP contribution in [0.25, 0.3) is 0 Å². The first-order chi connectivity index (χ1) is 12.0. The van der Waals surface area contributed by atoms with Crippen molar-refractivity contribution >= 4 is 15.9 Å². The van der Waals surface area contributed by atoms with Gasteiger partial charge in [-0.2, -0.15) is 15.8 Å². The number of nitrogens with zero attached hydrogens (tertiary/aromatic N) is 4. The van der Waals surface area contributed by atoms with Crippen molar-refractivity contribution in [2.45, 2.75) is 5.92 Å². The number of benzene rings is 1. The van der Waals surface area contributed by atoms with Crippen LogP contribution in [0.1, 0.15) is 11.5 Å². The predicted octanol–water partition coefficient (Wildman–Crippen LogP) is 2.80. The van der Waals surface area contributed by atoms with Crippen LogP contribution in [0, 0.1) is 45.3 Å².